The van der Waals surface area contributed by atoms with Crippen LogP contribution in [0.3, 0.4) is 0 Å². The Morgan fingerprint density at radius 1 is 1.05 bits per heavy atom. The van der Waals surface area contributed by atoms with Gasteiger partial charge in [-0.25, -0.2) is 0 Å². The highest BCUT2D eigenvalue weighted by molar-refractivity contribution is 7.14. The molecule has 110 valence electrons. The maximum absolute atomic E-state index is 11.9. The van der Waals surface area contributed by atoms with Gasteiger partial charge in [0, 0.05) is 17.7 Å². The van der Waals surface area contributed by atoms with Crippen molar-refractivity contribution in [1.82, 2.24) is 0 Å². The van der Waals surface area contributed by atoms with Crippen LogP contribution in [-0.2, 0) is 0 Å². The minimum absolute atomic E-state index is 0.305. The number of aryl methyl sites for hydroxylation is 1. The first-order valence-electron chi connectivity index (χ1n) is 7.70. The average molecular weight is 291 g/mol. The maximum Gasteiger partial charge on any atom is 0.172 e. The number of Topliss-reactive ketones (excluding diaryl/α,β-unsaturated/α-hetero) is 1. The Kier molecular flexibility index (Phi) is 8.98. The summed E-state index contributed by atoms with van der Waals surface area (Å²) < 4.78 is 0. The summed E-state index contributed by atoms with van der Waals surface area (Å²) in [4.78, 5) is 14.0. The molecule has 3 heteroatoms. The molecule has 0 N–H and O–H groups in total. The second kappa shape index (κ2) is 10.6. The molecule has 0 aromatic carbocycles. The van der Waals surface area contributed by atoms with E-state index in [1.807, 2.05) is 19.1 Å². The molecule has 20 heavy (non-hydrogen) atoms. The number of unbranched alkanes of at least 4 members (excludes halogenated alkanes) is 8. The van der Waals surface area contributed by atoms with Crippen LogP contribution < -0.4 is 0 Å². The van der Waals surface area contributed by atoms with Crippen LogP contribution in [0, 0.1) is 18.3 Å². The average Bonchev–Trinajstić information content (AvgIpc) is 2.87. The van der Waals surface area contributed by atoms with Gasteiger partial charge in [0.2, 0.25) is 0 Å². The number of carbonyl (C=O) groups excluding carboxylic acids is 1. The summed E-state index contributed by atoms with van der Waals surface area (Å²) in [6.07, 6.45) is 10.8. The van der Waals surface area contributed by atoms with Crippen LogP contribution >= 0.6 is 11.3 Å². The van der Waals surface area contributed by atoms with Gasteiger partial charge in [-0.2, -0.15) is 5.26 Å². The zero-order valence-electron chi connectivity index (χ0n) is 12.5. The lowest BCUT2D eigenvalue weighted by molar-refractivity contribution is 0.0983. The van der Waals surface area contributed by atoms with E-state index in [0.717, 1.165) is 24.1 Å². The smallest absolute Gasteiger partial charge is 0.172 e. The predicted octanol–water partition coefficient (Wildman–Crippen LogP) is 5.66. The van der Waals surface area contributed by atoms with Crippen LogP contribution in [-0.4, -0.2) is 5.78 Å². The molecule has 1 heterocycles. The first-order valence-corrected chi connectivity index (χ1v) is 8.52. The fourth-order valence-electron chi connectivity index (χ4n) is 2.26. The molecule has 2 nitrogen and oxygen atoms in total. The van der Waals surface area contributed by atoms with E-state index in [4.69, 9.17) is 5.26 Å². The SMILES string of the molecule is Cc1ccc(C(=O)CCCCCCCCCCC#N)s1. The molecule has 0 aliphatic heterocycles. The fraction of sp³-hybridized carbons (Fsp3) is 0.647. The highest BCUT2D eigenvalue weighted by Crippen LogP contribution is 2.18. The Morgan fingerprint density at radius 3 is 2.20 bits per heavy atom. The number of hydrogen-bond donors (Lipinski definition) is 0. The molecule has 0 bridgehead atoms. The van der Waals surface area contributed by atoms with Crippen molar-refractivity contribution >= 4 is 17.1 Å². The topological polar surface area (TPSA) is 40.9 Å². The van der Waals surface area contributed by atoms with Crippen molar-refractivity contribution in [3.8, 4) is 6.07 Å². The van der Waals surface area contributed by atoms with Crippen molar-refractivity contribution < 1.29 is 4.79 Å². The lowest BCUT2D eigenvalue weighted by atomic mass is 10.1. The summed E-state index contributed by atoms with van der Waals surface area (Å²) in [5.74, 6) is 0.305. The fourth-order valence-corrected chi connectivity index (χ4v) is 3.09. The number of rotatable bonds is 11. The largest absolute Gasteiger partial charge is 0.293 e. The molecule has 0 aliphatic rings. The molecule has 0 fully saturated rings. The van der Waals surface area contributed by atoms with Crippen molar-refractivity contribution in [2.45, 2.75) is 71.1 Å². The summed E-state index contributed by atoms with van der Waals surface area (Å²) in [6.45, 7) is 2.04. The van der Waals surface area contributed by atoms with Crippen LogP contribution in [0.1, 0.15) is 78.8 Å². The molecule has 0 aliphatic carbocycles. The van der Waals surface area contributed by atoms with Crippen molar-refractivity contribution in [1.29, 1.82) is 5.26 Å². The van der Waals surface area contributed by atoms with E-state index in [2.05, 4.69) is 6.07 Å². The minimum Gasteiger partial charge on any atom is -0.293 e. The highest BCUT2D eigenvalue weighted by atomic mass is 32.1. The van der Waals surface area contributed by atoms with Gasteiger partial charge >= 0.3 is 0 Å². The number of hydrogen-bond acceptors (Lipinski definition) is 3. The van der Waals surface area contributed by atoms with Crippen LogP contribution in [0.4, 0.5) is 0 Å². The number of ketones is 1. The van der Waals surface area contributed by atoms with E-state index in [1.54, 1.807) is 11.3 Å². The third kappa shape index (κ3) is 7.45. The molecular formula is C17H25NOS. The predicted molar refractivity (Wildman–Crippen MR) is 85.2 cm³/mol. The molecule has 0 saturated heterocycles. The normalized spacial score (nSPS) is 10.4. The van der Waals surface area contributed by atoms with Crippen molar-refractivity contribution in [2.24, 2.45) is 0 Å². The van der Waals surface area contributed by atoms with Gasteiger partial charge < -0.3 is 0 Å². The summed E-state index contributed by atoms with van der Waals surface area (Å²) in [7, 11) is 0. The molecule has 0 radical (unpaired) electrons. The monoisotopic (exact) mass is 291 g/mol. The lowest BCUT2D eigenvalue weighted by Crippen LogP contribution is -1.95. The highest BCUT2D eigenvalue weighted by Gasteiger charge is 2.07. The quantitative estimate of drug-likeness (QED) is 0.389. The van der Waals surface area contributed by atoms with E-state index < -0.39 is 0 Å². The Balaban J connectivity index is 1.92. The van der Waals surface area contributed by atoms with E-state index >= 15 is 0 Å². The number of nitriles is 1. The van der Waals surface area contributed by atoms with Gasteiger partial charge in [0.25, 0.3) is 0 Å². The van der Waals surface area contributed by atoms with Gasteiger partial charge in [-0.05, 0) is 31.9 Å². The Labute approximate surface area is 126 Å². The first kappa shape index (κ1) is 16.9. The van der Waals surface area contributed by atoms with E-state index in [1.165, 1.54) is 37.0 Å². The Bertz CT molecular complexity index is 430. The molecule has 0 saturated carbocycles. The van der Waals surface area contributed by atoms with Gasteiger partial charge in [-0.3, -0.25) is 4.79 Å². The standard InChI is InChI=1S/C17H25NOS/c1-15-12-13-17(20-15)16(19)11-9-7-5-3-2-4-6-8-10-14-18/h12-13H,2-11H2,1H3. The lowest BCUT2D eigenvalue weighted by Gasteiger charge is -2.01. The number of thiophene rings is 1. The minimum atomic E-state index is 0.305. The third-order valence-corrected chi connectivity index (χ3v) is 4.50. The molecule has 0 spiro atoms. The number of nitrogens with zero attached hydrogens (tertiary/aromatic N) is 1. The summed E-state index contributed by atoms with van der Waals surface area (Å²) in [5.41, 5.74) is 0. The van der Waals surface area contributed by atoms with E-state index in [9.17, 15) is 4.79 Å². The van der Waals surface area contributed by atoms with Crippen molar-refractivity contribution in [3.05, 3.63) is 21.9 Å². The summed E-state index contributed by atoms with van der Waals surface area (Å²) >= 11 is 1.60. The zero-order valence-corrected chi connectivity index (χ0v) is 13.3. The second-order valence-electron chi connectivity index (χ2n) is 5.32. The molecule has 0 amide bonds. The molecule has 0 atom stereocenters. The molecule has 1 aromatic rings. The molecule has 1 rings (SSSR count). The summed E-state index contributed by atoms with van der Waals surface area (Å²) in [6, 6.07) is 6.15. The van der Waals surface area contributed by atoms with Crippen LogP contribution in [0.2, 0.25) is 0 Å². The van der Waals surface area contributed by atoms with Gasteiger partial charge in [0.15, 0.2) is 5.78 Å². The van der Waals surface area contributed by atoms with E-state index in [-0.39, 0.29) is 0 Å². The zero-order chi connectivity index (χ0) is 14.6. The number of carbonyl (C=O) groups is 1. The van der Waals surface area contributed by atoms with E-state index in [0.29, 0.717) is 18.6 Å². The summed E-state index contributed by atoms with van der Waals surface area (Å²) in [5, 5.41) is 8.42. The van der Waals surface area contributed by atoms with Crippen molar-refractivity contribution in [2.75, 3.05) is 0 Å². The maximum atomic E-state index is 11.9. The molecule has 0 unspecified atom stereocenters. The van der Waals surface area contributed by atoms with Gasteiger partial charge in [0.05, 0.1) is 10.9 Å². The Morgan fingerprint density at radius 2 is 1.65 bits per heavy atom. The molecule has 1 aromatic heterocycles. The third-order valence-electron chi connectivity index (χ3n) is 3.46. The first-order chi connectivity index (χ1) is 9.74. The van der Waals surface area contributed by atoms with Gasteiger partial charge in [-0.15, -0.1) is 11.3 Å². The van der Waals surface area contributed by atoms with Gasteiger partial charge in [-0.1, -0.05) is 38.5 Å². The van der Waals surface area contributed by atoms with Crippen LogP contribution in [0.5, 0.6) is 0 Å². The second-order valence-corrected chi connectivity index (χ2v) is 6.61. The Hall–Kier alpha value is -1.14. The van der Waals surface area contributed by atoms with Crippen LogP contribution in [0.15, 0.2) is 12.1 Å². The molecular weight excluding hydrogens is 266 g/mol. The van der Waals surface area contributed by atoms with Gasteiger partial charge in [0.1, 0.15) is 0 Å². The van der Waals surface area contributed by atoms with Crippen molar-refractivity contribution in [3.63, 3.8) is 0 Å². The van der Waals surface area contributed by atoms with Crippen LogP contribution in [0.25, 0.3) is 0 Å².